The van der Waals surface area contributed by atoms with E-state index in [0.717, 1.165) is 0 Å². The Labute approximate surface area is 162 Å². The number of halogens is 2. The molecule has 0 aromatic carbocycles. The first-order valence-electron chi connectivity index (χ1n) is 7.33. The molecule has 0 aromatic heterocycles. The minimum absolute atomic E-state index is 0. The molecule has 11 N–H and O–H groups in total. The highest BCUT2D eigenvalue weighted by Crippen LogP contribution is 2.01. The number of amides is 4. The molecular weight excluding hydrogens is 389 g/mol. The summed E-state index contributed by atoms with van der Waals surface area (Å²) in [6, 6.07) is -2.05. The predicted octanol–water partition coefficient (Wildman–Crippen LogP) is -2.55. The van der Waals surface area contributed by atoms with Gasteiger partial charge in [0, 0.05) is 25.6 Å². The molecular formula is C12H25Cl2N9O3. The molecule has 0 saturated carbocycles. The molecule has 1 rings (SSSR count). The lowest BCUT2D eigenvalue weighted by Crippen LogP contribution is -2.56. The van der Waals surface area contributed by atoms with E-state index in [-0.39, 0.29) is 61.6 Å². The van der Waals surface area contributed by atoms with E-state index >= 15 is 0 Å². The van der Waals surface area contributed by atoms with E-state index in [1.54, 1.807) is 0 Å². The monoisotopic (exact) mass is 413 g/mol. The van der Waals surface area contributed by atoms with Crippen molar-refractivity contribution in [1.82, 2.24) is 21.3 Å². The Morgan fingerprint density at radius 3 is 2.54 bits per heavy atom. The third kappa shape index (κ3) is 10.5. The van der Waals surface area contributed by atoms with E-state index < -0.39 is 18.0 Å². The zero-order valence-electron chi connectivity index (χ0n) is 13.9. The van der Waals surface area contributed by atoms with Crippen LogP contribution in [0.1, 0.15) is 19.3 Å². The Morgan fingerprint density at radius 1 is 1.35 bits per heavy atom. The normalized spacial score (nSPS) is 16.6. The quantitative estimate of drug-likeness (QED) is 0.127. The largest absolute Gasteiger partial charge is 0.370 e. The minimum Gasteiger partial charge on any atom is -0.370 e. The summed E-state index contributed by atoms with van der Waals surface area (Å²) in [5.74, 6) is -1.13. The first kappa shape index (κ1) is 25.9. The van der Waals surface area contributed by atoms with Crippen LogP contribution in [-0.2, 0) is 9.59 Å². The first-order chi connectivity index (χ1) is 11.3. The molecule has 150 valence electrons. The van der Waals surface area contributed by atoms with Gasteiger partial charge in [0.2, 0.25) is 11.9 Å². The van der Waals surface area contributed by atoms with E-state index in [1.807, 2.05) is 0 Å². The molecule has 0 aliphatic carbocycles. The fourth-order valence-electron chi connectivity index (χ4n) is 2.00. The Hall–Kier alpha value is -2.31. The molecule has 1 heterocycles. The zero-order valence-corrected chi connectivity index (χ0v) is 15.5. The molecule has 0 bridgehead atoms. The molecule has 4 amide bonds. The molecule has 1 aliphatic heterocycles. The number of urea groups is 1. The zero-order chi connectivity index (χ0) is 18.1. The number of aliphatic imine (C=N–C) groups is 1. The van der Waals surface area contributed by atoms with Gasteiger partial charge in [-0.2, -0.15) is 4.99 Å². The Balaban J connectivity index is 0. The minimum atomic E-state index is -0.846. The maximum Gasteiger partial charge on any atom is 0.318 e. The molecule has 0 radical (unpaired) electrons. The van der Waals surface area contributed by atoms with Gasteiger partial charge in [-0.15, -0.1) is 24.8 Å². The van der Waals surface area contributed by atoms with Crippen molar-refractivity contribution in [2.45, 2.75) is 31.3 Å². The molecule has 1 unspecified atom stereocenters. The van der Waals surface area contributed by atoms with Crippen LogP contribution in [-0.4, -0.2) is 54.9 Å². The van der Waals surface area contributed by atoms with Gasteiger partial charge in [-0.1, -0.05) is 0 Å². The highest BCUT2D eigenvalue weighted by molar-refractivity contribution is 6.04. The summed E-state index contributed by atoms with van der Waals surface area (Å²) in [6.07, 6.45) is 1.28. The Kier molecular flexibility index (Phi) is 12.9. The lowest BCUT2D eigenvalue weighted by Gasteiger charge is -2.22. The van der Waals surface area contributed by atoms with Crippen LogP contribution in [0.5, 0.6) is 0 Å². The van der Waals surface area contributed by atoms with Gasteiger partial charge < -0.3 is 33.2 Å². The molecule has 26 heavy (non-hydrogen) atoms. The average Bonchev–Trinajstić information content (AvgIpc) is 2.45. The van der Waals surface area contributed by atoms with Gasteiger partial charge in [-0.05, 0) is 12.8 Å². The second-order valence-electron chi connectivity index (χ2n) is 5.24. The number of rotatable bonds is 7. The summed E-state index contributed by atoms with van der Waals surface area (Å²) in [7, 11) is 0. The number of nitrogens with two attached hydrogens (primary N) is 3. The molecule has 2 atom stereocenters. The van der Waals surface area contributed by atoms with E-state index in [9.17, 15) is 14.4 Å². The van der Waals surface area contributed by atoms with Crippen LogP contribution in [0, 0.1) is 5.41 Å². The molecule has 0 saturated heterocycles. The molecule has 0 aromatic rings. The lowest BCUT2D eigenvalue weighted by atomic mass is 10.1. The summed E-state index contributed by atoms with van der Waals surface area (Å²) in [5.41, 5.74) is 15.9. The molecule has 0 spiro atoms. The van der Waals surface area contributed by atoms with Crippen molar-refractivity contribution < 1.29 is 14.4 Å². The van der Waals surface area contributed by atoms with Crippen molar-refractivity contribution in [3.05, 3.63) is 0 Å². The van der Waals surface area contributed by atoms with Gasteiger partial charge in [0.1, 0.15) is 6.04 Å². The summed E-state index contributed by atoms with van der Waals surface area (Å²) in [4.78, 5) is 37.9. The van der Waals surface area contributed by atoms with Crippen LogP contribution in [0.4, 0.5) is 4.79 Å². The molecule has 14 heteroatoms. The Bertz CT molecular complexity index is 544. The standard InChI is InChI=1S/C12H23N9O3.2ClH/c13-6(2-1-3-17-10(14)15)4-8(22)19-7-5-18-12(20-9(7)23)21-11(16)24;;/h6-7H,1-5,13H2,(H,19,22)(H4,14,15,17)(H4,16,18,20,21,23,24);2*1H/t6-,7?;;/m1../s1. The number of nitrogens with zero attached hydrogens (tertiary/aromatic N) is 1. The smallest absolute Gasteiger partial charge is 0.318 e. The van der Waals surface area contributed by atoms with Crippen molar-refractivity contribution in [2.75, 3.05) is 13.1 Å². The summed E-state index contributed by atoms with van der Waals surface area (Å²) < 4.78 is 0. The summed E-state index contributed by atoms with van der Waals surface area (Å²) in [6.45, 7) is 0.585. The van der Waals surface area contributed by atoms with Crippen LogP contribution in [0.25, 0.3) is 0 Å². The lowest BCUT2D eigenvalue weighted by molar-refractivity contribution is -0.127. The van der Waals surface area contributed by atoms with E-state index in [0.29, 0.717) is 19.4 Å². The highest BCUT2D eigenvalue weighted by Gasteiger charge is 2.26. The van der Waals surface area contributed by atoms with Crippen molar-refractivity contribution in [3.63, 3.8) is 0 Å². The van der Waals surface area contributed by atoms with Gasteiger partial charge in [0.15, 0.2) is 5.96 Å². The van der Waals surface area contributed by atoms with Gasteiger partial charge in [0.25, 0.3) is 5.91 Å². The number of nitrogens with one attached hydrogen (secondary N) is 5. The summed E-state index contributed by atoms with van der Waals surface area (Å²) in [5, 5.41) is 17.0. The third-order valence-corrected chi connectivity index (χ3v) is 3.09. The number of hydrogen-bond acceptors (Lipinski definition) is 6. The van der Waals surface area contributed by atoms with Gasteiger partial charge in [-0.3, -0.25) is 20.3 Å². The van der Waals surface area contributed by atoms with Crippen molar-refractivity contribution in [2.24, 2.45) is 22.2 Å². The van der Waals surface area contributed by atoms with E-state index in [4.69, 9.17) is 22.6 Å². The van der Waals surface area contributed by atoms with Crippen LogP contribution in [0.15, 0.2) is 4.99 Å². The number of carbonyl (C=O) groups excluding carboxylic acids is 3. The van der Waals surface area contributed by atoms with Crippen LogP contribution in [0.2, 0.25) is 0 Å². The number of hydrogen-bond donors (Lipinski definition) is 8. The maximum atomic E-state index is 11.9. The van der Waals surface area contributed by atoms with Crippen LogP contribution in [0.3, 0.4) is 0 Å². The first-order valence-corrected chi connectivity index (χ1v) is 7.33. The van der Waals surface area contributed by atoms with E-state index in [1.165, 1.54) is 0 Å². The second kappa shape index (κ2) is 13.0. The molecule has 12 nitrogen and oxygen atoms in total. The average molecular weight is 414 g/mol. The summed E-state index contributed by atoms with van der Waals surface area (Å²) >= 11 is 0. The van der Waals surface area contributed by atoms with Crippen LogP contribution < -0.4 is 38.5 Å². The fraction of sp³-hybridized carbons (Fsp3) is 0.583. The SMILES string of the molecule is Cl.Cl.N=C(N)NCCC[C@@H](N)CC(=O)NC1CNC(NC(N)=O)=NC1=O. The molecule has 1 aliphatic rings. The topological polar surface area (TPSA) is 214 Å². The van der Waals surface area contributed by atoms with Gasteiger partial charge in [-0.25, -0.2) is 4.79 Å². The Morgan fingerprint density at radius 2 is 2.00 bits per heavy atom. The fourth-order valence-corrected chi connectivity index (χ4v) is 2.00. The van der Waals surface area contributed by atoms with Gasteiger partial charge in [0.05, 0.1) is 0 Å². The highest BCUT2D eigenvalue weighted by atomic mass is 35.5. The predicted molar refractivity (Wildman–Crippen MR) is 101 cm³/mol. The van der Waals surface area contributed by atoms with Crippen LogP contribution >= 0.6 is 24.8 Å². The maximum absolute atomic E-state index is 11.9. The van der Waals surface area contributed by atoms with Crippen molar-refractivity contribution in [3.8, 4) is 0 Å². The molecule has 0 fully saturated rings. The van der Waals surface area contributed by atoms with E-state index in [2.05, 4.69) is 26.3 Å². The third-order valence-electron chi connectivity index (χ3n) is 3.09. The van der Waals surface area contributed by atoms with Gasteiger partial charge >= 0.3 is 6.03 Å². The van der Waals surface area contributed by atoms with Crippen molar-refractivity contribution >= 4 is 54.6 Å². The number of carbonyl (C=O) groups is 3. The number of primary amides is 1. The second-order valence-corrected chi connectivity index (χ2v) is 5.24. The number of guanidine groups is 2. The van der Waals surface area contributed by atoms with Crippen molar-refractivity contribution in [1.29, 1.82) is 5.41 Å².